The topological polar surface area (TPSA) is 109 Å². The smallest absolute Gasteiger partial charge is 0.419 e. The molecule has 2 amide bonds. The SMILES string of the molecule is COC(=O)[C@]1(c2cn(-c3ccc(Oc4ccccc4)cc3)cn2)C[C@@H]1CCCN(C(=O)OC(C)(C)C)C(=O)OC(C)(C)C. The average molecular weight is 592 g/mol. The van der Waals surface area contributed by atoms with Crippen molar-refractivity contribution in [3.8, 4) is 17.2 Å². The number of hydrogen-bond donors (Lipinski definition) is 0. The van der Waals surface area contributed by atoms with Crippen molar-refractivity contribution in [2.24, 2.45) is 5.92 Å². The van der Waals surface area contributed by atoms with E-state index in [2.05, 4.69) is 4.98 Å². The van der Waals surface area contributed by atoms with Crippen LogP contribution in [0, 0.1) is 5.92 Å². The molecule has 0 aliphatic heterocycles. The third kappa shape index (κ3) is 7.94. The van der Waals surface area contributed by atoms with Crippen LogP contribution in [0.25, 0.3) is 5.69 Å². The van der Waals surface area contributed by atoms with Gasteiger partial charge in [-0.05, 0) is 103 Å². The first-order chi connectivity index (χ1) is 20.2. The van der Waals surface area contributed by atoms with Gasteiger partial charge in [-0.15, -0.1) is 0 Å². The van der Waals surface area contributed by atoms with Crippen molar-refractivity contribution in [1.29, 1.82) is 0 Å². The molecule has 4 rings (SSSR count). The van der Waals surface area contributed by atoms with E-state index in [1.54, 1.807) is 47.9 Å². The van der Waals surface area contributed by atoms with E-state index in [-0.39, 0.29) is 18.4 Å². The zero-order valence-corrected chi connectivity index (χ0v) is 26.0. The van der Waals surface area contributed by atoms with Crippen molar-refractivity contribution in [2.75, 3.05) is 13.7 Å². The molecule has 3 aromatic rings. The van der Waals surface area contributed by atoms with Crippen LogP contribution in [-0.2, 0) is 24.4 Å². The first kappa shape index (κ1) is 31.6. The third-order valence-corrected chi connectivity index (χ3v) is 6.97. The van der Waals surface area contributed by atoms with Crippen molar-refractivity contribution in [3.63, 3.8) is 0 Å². The number of aromatic nitrogens is 2. The Bertz CT molecular complexity index is 1390. The maximum atomic E-state index is 13.1. The summed E-state index contributed by atoms with van der Waals surface area (Å²) in [5.74, 6) is 1.03. The molecule has 1 aliphatic carbocycles. The second-order valence-corrected chi connectivity index (χ2v) is 12.7. The molecule has 0 radical (unpaired) electrons. The molecule has 43 heavy (non-hydrogen) atoms. The monoisotopic (exact) mass is 591 g/mol. The number of para-hydroxylation sites is 1. The van der Waals surface area contributed by atoms with Gasteiger partial charge < -0.3 is 23.5 Å². The summed E-state index contributed by atoms with van der Waals surface area (Å²) >= 11 is 0. The molecule has 1 heterocycles. The zero-order chi connectivity index (χ0) is 31.4. The zero-order valence-electron chi connectivity index (χ0n) is 26.0. The Morgan fingerprint density at radius 1 is 0.907 bits per heavy atom. The average Bonchev–Trinajstić information content (AvgIpc) is 3.44. The number of imidazole rings is 1. The first-order valence-corrected chi connectivity index (χ1v) is 14.4. The lowest BCUT2D eigenvalue weighted by Crippen LogP contribution is -2.44. The van der Waals surface area contributed by atoms with E-state index in [0.717, 1.165) is 16.3 Å². The highest BCUT2D eigenvalue weighted by Gasteiger charge is 2.63. The summed E-state index contributed by atoms with van der Waals surface area (Å²) in [4.78, 5) is 44.3. The Hall–Kier alpha value is -4.34. The summed E-state index contributed by atoms with van der Waals surface area (Å²) in [6.45, 7) is 10.5. The molecule has 0 spiro atoms. The van der Waals surface area contributed by atoms with Crippen LogP contribution in [0.4, 0.5) is 9.59 Å². The molecule has 1 saturated carbocycles. The predicted octanol–water partition coefficient (Wildman–Crippen LogP) is 7.05. The number of carbonyl (C=O) groups excluding carboxylic acids is 3. The fraction of sp³-hybridized carbons (Fsp3) is 0.455. The molecule has 10 nitrogen and oxygen atoms in total. The number of hydrogen-bond acceptors (Lipinski definition) is 8. The summed E-state index contributed by atoms with van der Waals surface area (Å²) in [7, 11) is 1.37. The van der Waals surface area contributed by atoms with Gasteiger partial charge in [0.25, 0.3) is 0 Å². The standard InChI is InChI=1S/C33H41N3O7/c1-31(2,3)42-29(38)36(30(39)43-32(4,5)6)19-11-12-23-20-33(23,28(37)40-7)27-21-35(22-34-27)24-15-17-26(18-16-24)41-25-13-9-8-10-14-25/h8-10,13-18,21-23H,11-12,19-20H2,1-7H3/t23-,33+/m0/s1. The number of nitrogens with zero attached hydrogens (tertiary/aromatic N) is 3. The van der Waals surface area contributed by atoms with E-state index < -0.39 is 28.8 Å². The number of rotatable bonds is 9. The van der Waals surface area contributed by atoms with Gasteiger partial charge in [-0.1, -0.05) is 18.2 Å². The van der Waals surface area contributed by atoms with Gasteiger partial charge in [-0.25, -0.2) is 19.5 Å². The molecule has 2 atom stereocenters. The lowest BCUT2D eigenvalue weighted by molar-refractivity contribution is -0.144. The van der Waals surface area contributed by atoms with Gasteiger partial charge in [0.1, 0.15) is 28.1 Å². The molecule has 1 fully saturated rings. The molecule has 0 N–H and O–H groups in total. The molecule has 230 valence electrons. The summed E-state index contributed by atoms with van der Waals surface area (Å²) < 4.78 is 23.8. The van der Waals surface area contributed by atoms with Crippen LogP contribution in [0.3, 0.4) is 0 Å². The van der Waals surface area contributed by atoms with E-state index in [1.807, 2.05) is 65.4 Å². The van der Waals surface area contributed by atoms with Crippen LogP contribution >= 0.6 is 0 Å². The van der Waals surface area contributed by atoms with Gasteiger partial charge in [0.05, 0.1) is 19.1 Å². The number of methoxy groups -OCH3 is 1. The Morgan fingerprint density at radius 2 is 1.49 bits per heavy atom. The summed E-state index contributed by atoms with van der Waals surface area (Å²) in [6, 6.07) is 17.1. The van der Waals surface area contributed by atoms with Gasteiger partial charge in [0.2, 0.25) is 0 Å². The highest BCUT2D eigenvalue weighted by molar-refractivity contribution is 5.88. The normalized spacial score (nSPS) is 18.0. The van der Waals surface area contributed by atoms with Crippen LogP contribution in [0.5, 0.6) is 11.5 Å². The van der Waals surface area contributed by atoms with E-state index in [0.29, 0.717) is 30.7 Å². The fourth-order valence-electron chi connectivity index (χ4n) is 4.92. The van der Waals surface area contributed by atoms with Crippen LogP contribution < -0.4 is 4.74 Å². The predicted molar refractivity (Wildman–Crippen MR) is 160 cm³/mol. The minimum absolute atomic E-state index is 0.0657. The molecule has 2 aromatic carbocycles. The third-order valence-electron chi connectivity index (χ3n) is 6.97. The number of carbonyl (C=O) groups is 3. The second kappa shape index (κ2) is 12.5. The van der Waals surface area contributed by atoms with Crippen molar-refractivity contribution in [2.45, 2.75) is 77.4 Å². The van der Waals surface area contributed by atoms with Crippen molar-refractivity contribution in [3.05, 3.63) is 72.8 Å². The van der Waals surface area contributed by atoms with E-state index in [4.69, 9.17) is 18.9 Å². The van der Waals surface area contributed by atoms with Gasteiger partial charge in [-0.3, -0.25) is 4.79 Å². The summed E-state index contributed by atoms with van der Waals surface area (Å²) in [5.41, 5.74) is -0.963. The van der Waals surface area contributed by atoms with Crippen molar-refractivity contribution in [1.82, 2.24) is 14.5 Å². The molecule has 0 bridgehead atoms. The minimum Gasteiger partial charge on any atom is -0.468 e. The summed E-state index contributed by atoms with van der Waals surface area (Å²) in [6.07, 6.45) is 3.55. The first-order valence-electron chi connectivity index (χ1n) is 14.4. The van der Waals surface area contributed by atoms with Crippen molar-refractivity contribution < 1.29 is 33.3 Å². The number of imide groups is 1. The molecule has 0 saturated heterocycles. The molecule has 1 aromatic heterocycles. The fourth-order valence-corrected chi connectivity index (χ4v) is 4.92. The maximum Gasteiger partial charge on any atom is 0.419 e. The molecule has 0 unspecified atom stereocenters. The number of esters is 1. The van der Waals surface area contributed by atoms with Crippen LogP contribution in [0.2, 0.25) is 0 Å². The van der Waals surface area contributed by atoms with Gasteiger partial charge in [0.15, 0.2) is 0 Å². The number of benzene rings is 2. The lowest BCUT2D eigenvalue weighted by Gasteiger charge is -2.28. The Morgan fingerprint density at radius 3 is 2.05 bits per heavy atom. The minimum atomic E-state index is -0.890. The maximum absolute atomic E-state index is 13.1. The quantitative estimate of drug-likeness (QED) is 0.192. The van der Waals surface area contributed by atoms with Crippen LogP contribution in [0.1, 0.15) is 66.5 Å². The van der Waals surface area contributed by atoms with Gasteiger partial charge in [-0.2, -0.15) is 0 Å². The molecular formula is C33H41N3O7. The van der Waals surface area contributed by atoms with Crippen LogP contribution in [-0.4, -0.2) is 57.5 Å². The summed E-state index contributed by atoms with van der Waals surface area (Å²) in [5, 5.41) is 0. The number of ether oxygens (including phenoxy) is 4. The Labute approximate surface area is 252 Å². The van der Waals surface area contributed by atoms with Gasteiger partial charge in [0, 0.05) is 18.4 Å². The molecule has 10 heteroatoms. The molecule has 1 aliphatic rings. The van der Waals surface area contributed by atoms with E-state index in [1.165, 1.54) is 7.11 Å². The van der Waals surface area contributed by atoms with E-state index >= 15 is 0 Å². The Kier molecular flexibility index (Phi) is 9.18. The molecular weight excluding hydrogens is 550 g/mol. The lowest BCUT2D eigenvalue weighted by atomic mass is 9.97. The number of amides is 2. The largest absolute Gasteiger partial charge is 0.468 e. The Balaban J connectivity index is 1.43. The van der Waals surface area contributed by atoms with Crippen LogP contribution in [0.15, 0.2) is 67.1 Å². The van der Waals surface area contributed by atoms with Gasteiger partial charge >= 0.3 is 18.2 Å². The van der Waals surface area contributed by atoms with Crippen molar-refractivity contribution >= 4 is 18.2 Å². The highest BCUT2D eigenvalue weighted by Crippen LogP contribution is 2.57. The second-order valence-electron chi connectivity index (χ2n) is 12.7. The highest BCUT2D eigenvalue weighted by atomic mass is 16.6. The van der Waals surface area contributed by atoms with E-state index in [9.17, 15) is 14.4 Å².